The van der Waals surface area contributed by atoms with Gasteiger partial charge in [0.15, 0.2) is 8.32 Å². The van der Waals surface area contributed by atoms with Crippen LogP contribution in [0.4, 0.5) is 0 Å². The Balaban J connectivity index is 2.17. The monoisotopic (exact) mass is 300 g/mol. The van der Waals surface area contributed by atoms with E-state index in [0.29, 0.717) is 13.0 Å². The predicted molar refractivity (Wildman–Crippen MR) is 84.4 cm³/mol. The fraction of sp³-hybridized carbons (Fsp3) is 1.00. The molecule has 3 nitrogen and oxygen atoms in total. The normalized spacial score (nSPS) is 41.0. The minimum Gasteiger partial charge on any atom is -0.414 e. The number of epoxide rings is 1. The molecule has 1 saturated heterocycles. The van der Waals surface area contributed by atoms with Gasteiger partial charge in [-0.3, -0.25) is 0 Å². The quantitative estimate of drug-likeness (QED) is 0.624. The SMILES string of the molecule is CC1(C)C[C@H](O[Si](C)(C)C(C)(C)C)C[C@@](C)(O)[C@]12CO2. The Morgan fingerprint density at radius 3 is 2.00 bits per heavy atom. The largest absolute Gasteiger partial charge is 0.414 e. The summed E-state index contributed by atoms with van der Waals surface area (Å²) in [6, 6.07) is 0. The first-order chi connectivity index (χ1) is 8.74. The number of aliphatic hydroxyl groups is 1. The first-order valence-corrected chi connectivity index (χ1v) is 10.7. The van der Waals surface area contributed by atoms with Crippen molar-refractivity contribution in [2.75, 3.05) is 6.61 Å². The van der Waals surface area contributed by atoms with Crippen LogP contribution < -0.4 is 0 Å². The number of rotatable bonds is 2. The van der Waals surface area contributed by atoms with Gasteiger partial charge in [-0.2, -0.15) is 0 Å². The van der Waals surface area contributed by atoms with Gasteiger partial charge in [0, 0.05) is 17.9 Å². The van der Waals surface area contributed by atoms with Crippen LogP contribution in [-0.2, 0) is 9.16 Å². The minimum absolute atomic E-state index is 0.0399. The van der Waals surface area contributed by atoms with Gasteiger partial charge in [0.25, 0.3) is 0 Å². The van der Waals surface area contributed by atoms with Crippen LogP contribution in [0.3, 0.4) is 0 Å². The summed E-state index contributed by atoms with van der Waals surface area (Å²) in [6.45, 7) is 18.4. The zero-order valence-corrected chi connectivity index (χ0v) is 15.5. The summed E-state index contributed by atoms with van der Waals surface area (Å²) in [7, 11) is -1.80. The number of ether oxygens (including phenoxy) is 1. The van der Waals surface area contributed by atoms with Crippen LogP contribution >= 0.6 is 0 Å². The summed E-state index contributed by atoms with van der Waals surface area (Å²) in [5, 5.41) is 11.1. The van der Waals surface area contributed by atoms with Gasteiger partial charge in [0.05, 0.1) is 12.2 Å². The van der Waals surface area contributed by atoms with Crippen molar-refractivity contribution in [1.29, 1.82) is 0 Å². The van der Waals surface area contributed by atoms with Gasteiger partial charge in [-0.25, -0.2) is 0 Å². The molecule has 0 aromatic carbocycles. The van der Waals surface area contributed by atoms with E-state index in [2.05, 4.69) is 47.7 Å². The van der Waals surface area contributed by atoms with Crippen molar-refractivity contribution < 1.29 is 14.3 Å². The molecule has 1 heterocycles. The number of hydrogen-bond acceptors (Lipinski definition) is 3. The van der Waals surface area contributed by atoms with E-state index in [4.69, 9.17) is 9.16 Å². The highest BCUT2D eigenvalue weighted by atomic mass is 28.4. The van der Waals surface area contributed by atoms with Gasteiger partial charge < -0.3 is 14.3 Å². The van der Waals surface area contributed by atoms with Crippen molar-refractivity contribution in [3.63, 3.8) is 0 Å². The Kier molecular flexibility index (Phi) is 3.55. The van der Waals surface area contributed by atoms with E-state index in [-0.39, 0.29) is 22.2 Å². The fourth-order valence-corrected chi connectivity index (χ4v) is 4.95. The van der Waals surface area contributed by atoms with Gasteiger partial charge >= 0.3 is 0 Å². The molecule has 1 N–H and O–H groups in total. The number of hydrogen-bond donors (Lipinski definition) is 1. The lowest BCUT2D eigenvalue weighted by Crippen LogP contribution is -2.60. The first-order valence-electron chi connectivity index (χ1n) is 7.78. The molecule has 1 saturated carbocycles. The molecule has 2 rings (SSSR count). The molecule has 0 aromatic rings. The molecule has 4 heteroatoms. The molecular formula is C16H32O3Si. The molecule has 0 bridgehead atoms. The highest BCUT2D eigenvalue weighted by Gasteiger charge is 2.70. The summed E-state index contributed by atoms with van der Waals surface area (Å²) in [5.41, 5.74) is -1.18. The topological polar surface area (TPSA) is 42.0 Å². The standard InChI is InChI=1S/C16H32O3Si/c1-13(2,3)20(7,8)19-12-9-14(4,5)16(11-18-16)15(6,17)10-12/h12,17H,9-11H2,1-8H3/t12-,15+,16-/m0/s1. The van der Waals surface area contributed by atoms with E-state index in [1.807, 2.05) is 6.92 Å². The molecule has 0 unspecified atom stereocenters. The van der Waals surface area contributed by atoms with Gasteiger partial charge in [-0.1, -0.05) is 34.6 Å². The highest BCUT2D eigenvalue weighted by molar-refractivity contribution is 6.74. The third-order valence-corrected chi connectivity index (χ3v) is 10.6. The van der Waals surface area contributed by atoms with Gasteiger partial charge in [-0.15, -0.1) is 0 Å². The lowest BCUT2D eigenvalue weighted by atomic mass is 9.61. The molecule has 1 spiro atoms. The van der Waals surface area contributed by atoms with Crippen molar-refractivity contribution in [2.45, 2.75) is 89.8 Å². The van der Waals surface area contributed by atoms with Crippen molar-refractivity contribution >= 4 is 8.32 Å². The van der Waals surface area contributed by atoms with Crippen molar-refractivity contribution in [3.05, 3.63) is 0 Å². The summed E-state index contributed by atoms with van der Waals surface area (Å²) < 4.78 is 12.3. The Morgan fingerprint density at radius 1 is 1.15 bits per heavy atom. The predicted octanol–water partition coefficient (Wildman–Crippen LogP) is 3.72. The second-order valence-corrected chi connectivity index (χ2v) is 13.9. The lowest BCUT2D eigenvalue weighted by molar-refractivity contribution is -0.140. The fourth-order valence-electron chi connectivity index (χ4n) is 3.59. The summed E-state index contributed by atoms with van der Waals surface area (Å²) in [4.78, 5) is 0. The van der Waals surface area contributed by atoms with Crippen LogP contribution in [-0.4, -0.2) is 37.3 Å². The molecule has 0 aromatic heterocycles. The molecule has 0 amide bonds. The van der Waals surface area contributed by atoms with Gasteiger partial charge in [-0.05, 0) is 31.5 Å². The average Bonchev–Trinajstić information content (AvgIpc) is 2.90. The molecule has 1 aliphatic carbocycles. The molecule has 20 heavy (non-hydrogen) atoms. The van der Waals surface area contributed by atoms with E-state index in [9.17, 15) is 5.11 Å². The zero-order valence-electron chi connectivity index (χ0n) is 14.5. The molecule has 118 valence electrons. The maximum absolute atomic E-state index is 10.9. The van der Waals surface area contributed by atoms with Crippen LogP contribution in [0.2, 0.25) is 18.1 Å². The van der Waals surface area contributed by atoms with Crippen molar-refractivity contribution in [3.8, 4) is 0 Å². The maximum Gasteiger partial charge on any atom is 0.192 e. The minimum atomic E-state index is -1.80. The van der Waals surface area contributed by atoms with Crippen LogP contribution in [0.5, 0.6) is 0 Å². The van der Waals surface area contributed by atoms with Crippen LogP contribution in [0.15, 0.2) is 0 Å². The third kappa shape index (κ3) is 2.38. The average molecular weight is 301 g/mol. The Labute approximate surface area is 125 Å². The van der Waals surface area contributed by atoms with Crippen molar-refractivity contribution in [2.24, 2.45) is 5.41 Å². The van der Waals surface area contributed by atoms with E-state index >= 15 is 0 Å². The Morgan fingerprint density at radius 2 is 1.65 bits per heavy atom. The Hall–Kier alpha value is 0.0969. The molecule has 3 atom stereocenters. The second-order valence-electron chi connectivity index (χ2n) is 9.18. The van der Waals surface area contributed by atoms with E-state index in [1.54, 1.807) is 0 Å². The zero-order chi connectivity index (χ0) is 15.6. The van der Waals surface area contributed by atoms with Gasteiger partial charge in [0.1, 0.15) is 5.60 Å². The first kappa shape index (κ1) is 16.5. The van der Waals surface area contributed by atoms with E-state index in [0.717, 1.165) is 6.42 Å². The smallest absolute Gasteiger partial charge is 0.192 e. The third-order valence-electron chi connectivity index (χ3n) is 6.03. The van der Waals surface area contributed by atoms with Crippen molar-refractivity contribution in [1.82, 2.24) is 0 Å². The van der Waals surface area contributed by atoms with Crippen LogP contribution in [0, 0.1) is 5.41 Å². The maximum atomic E-state index is 10.9. The summed E-state index contributed by atoms with van der Waals surface area (Å²) >= 11 is 0. The molecular weight excluding hydrogens is 268 g/mol. The molecule has 0 radical (unpaired) electrons. The van der Waals surface area contributed by atoms with Crippen LogP contribution in [0.1, 0.15) is 54.4 Å². The van der Waals surface area contributed by atoms with E-state index in [1.165, 1.54) is 0 Å². The molecule has 1 aliphatic heterocycles. The second kappa shape index (κ2) is 4.31. The summed E-state index contributed by atoms with van der Waals surface area (Å²) in [5.74, 6) is 0. The van der Waals surface area contributed by atoms with Crippen LogP contribution in [0.25, 0.3) is 0 Å². The van der Waals surface area contributed by atoms with Gasteiger partial charge in [0.2, 0.25) is 0 Å². The molecule has 2 aliphatic rings. The Bertz CT molecular complexity index is 369. The van der Waals surface area contributed by atoms with E-state index < -0.39 is 13.9 Å². The summed E-state index contributed by atoms with van der Waals surface area (Å²) in [6.07, 6.45) is 1.79. The molecule has 2 fully saturated rings. The lowest BCUT2D eigenvalue weighted by Gasteiger charge is -2.51. The highest BCUT2D eigenvalue weighted by Crippen LogP contribution is 2.59.